The van der Waals surface area contributed by atoms with Crippen molar-refractivity contribution in [2.45, 2.75) is 30.7 Å². The van der Waals surface area contributed by atoms with Gasteiger partial charge in [-0.2, -0.15) is 4.31 Å². The summed E-state index contributed by atoms with van der Waals surface area (Å²) in [6.45, 7) is 3.72. The average Bonchev–Trinajstić information content (AvgIpc) is 2.79. The number of fused-ring (bicyclic) bond motifs is 1. The molecular formula is C23H27N3O5S. The van der Waals surface area contributed by atoms with Crippen molar-refractivity contribution in [3.05, 3.63) is 59.7 Å². The summed E-state index contributed by atoms with van der Waals surface area (Å²) >= 11 is 0. The second-order valence-electron chi connectivity index (χ2n) is 7.98. The summed E-state index contributed by atoms with van der Waals surface area (Å²) in [5, 5.41) is 2.64. The first-order chi connectivity index (χ1) is 15.4. The van der Waals surface area contributed by atoms with Gasteiger partial charge in [-0.1, -0.05) is 24.3 Å². The van der Waals surface area contributed by atoms with Crippen molar-refractivity contribution in [2.24, 2.45) is 0 Å². The van der Waals surface area contributed by atoms with Crippen molar-refractivity contribution in [1.82, 2.24) is 9.21 Å². The number of morpholine rings is 1. The molecule has 1 unspecified atom stereocenters. The zero-order valence-corrected chi connectivity index (χ0v) is 18.8. The van der Waals surface area contributed by atoms with Crippen molar-refractivity contribution < 1.29 is 22.7 Å². The Morgan fingerprint density at radius 1 is 1.03 bits per heavy atom. The highest BCUT2D eigenvalue weighted by atomic mass is 32.2. The number of nitrogens with zero attached hydrogens (tertiary/aromatic N) is 2. The van der Waals surface area contributed by atoms with Crippen LogP contribution in [0.2, 0.25) is 0 Å². The maximum absolute atomic E-state index is 13.6. The van der Waals surface area contributed by atoms with Crippen LogP contribution in [-0.2, 0) is 30.8 Å². The molecule has 1 atom stereocenters. The fourth-order valence-corrected chi connectivity index (χ4v) is 5.89. The second-order valence-corrected chi connectivity index (χ2v) is 9.87. The summed E-state index contributed by atoms with van der Waals surface area (Å²) in [4.78, 5) is 26.2. The highest BCUT2D eigenvalue weighted by molar-refractivity contribution is 7.89. The molecule has 0 aromatic heterocycles. The number of carbonyl (C=O) groups is 2. The molecule has 2 aromatic rings. The van der Waals surface area contributed by atoms with Crippen LogP contribution < -0.4 is 5.32 Å². The fraction of sp³-hybridized carbons (Fsp3) is 0.391. The largest absolute Gasteiger partial charge is 0.378 e. The minimum atomic E-state index is -3.85. The van der Waals surface area contributed by atoms with E-state index >= 15 is 0 Å². The van der Waals surface area contributed by atoms with Crippen LogP contribution in [0.25, 0.3) is 0 Å². The molecule has 0 bridgehead atoms. The first-order valence-corrected chi connectivity index (χ1v) is 12.1. The first kappa shape index (κ1) is 22.4. The highest BCUT2D eigenvalue weighted by Crippen LogP contribution is 2.37. The van der Waals surface area contributed by atoms with Gasteiger partial charge in [0.05, 0.1) is 24.2 Å². The number of sulfonamides is 1. The quantitative estimate of drug-likeness (QED) is 0.743. The Hall–Kier alpha value is -2.75. The van der Waals surface area contributed by atoms with E-state index in [9.17, 15) is 18.0 Å². The summed E-state index contributed by atoms with van der Waals surface area (Å²) in [6, 6.07) is 13.3. The SMILES string of the molecule is CC(=O)Nc1ccc(S(=O)(=O)N2CCc3ccccc3C2CC(=O)N2CCOCC2)cc1. The average molecular weight is 458 g/mol. The number of nitrogens with one attached hydrogen (secondary N) is 1. The number of amides is 2. The summed E-state index contributed by atoms with van der Waals surface area (Å²) in [6.07, 6.45) is 0.668. The van der Waals surface area contributed by atoms with E-state index in [4.69, 9.17) is 4.74 Å². The molecule has 2 aromatic carbocycles. The molecule has 170 valence electrons. The molecule has 0 radical (unpaired) electrons. The van der Waals surface area contributed by atoms with E-state index in [0.29, 0.717) is 45.0 Å². The van der Waals surface area contributed by atoms with Crippen molar-refractivity contribution in [3.63, 3.8) is 0 Å². The van der Waals surface area contributed by atoms with Crippen molar-refractivity contribution in [2.75, 3.05) is 38.2 Å². The smallest absolute Gasteiger partial charge is 0.243 e. The van der Waals surface area contributed by atoms with Gasteiger partial charge in [0.2, 0.25) is 21.8 Å². The Balaban J connectivity index is 1.64. The molecule has 1 N–H and O–H groups in total. The Morgan fingerprint density at radius 2 is 1.72 bits per heavy atom. The lowest BCUT2D eigenvalue weighted by atomic mass is 9.92. The van der Waals surface area contributed by atoms with Crippen LogP contribution in [-0.4, -0.2) is 62.3 Å². The number of hydrogen-bond acceptors (Lipinski definition) is 5. The number of anilines is 1. The third kappa shape index (κ3) is 4.69. The van der Waals surface area contributed by atoms with Crippen LogP contribution in [0.5, 0.6) is 0 Å². The predicted molar refractivity (Wildman–Crippen MR) is 120 cm³/mol. The van der Waals surface area contributed by atoms with E-state index in [0.717, 1.165) is 11.1 Å². The summed E-state index contributed by atoms with van der Waals surface area (Å²) < 4.78 is 34.0. The van der Waals surface area contributed by atoms with Crippen LogP contribution in [0.4, 0.5) is 5.69 Å². The van der Waals surface area contributed by atoms with Crippen LogP contribution in [0.1, 0.15) is 30.5 Å². The van der Waals surface area contributed by atoms with Crippen molar-refractivity contribution in [1.29, 1.82) is 0 Å². The molecule has 9 heteroatoms. The zero-order valence-electron chi connectivity index (χ0n) is 18.0. The van der Waals surface area contributed by atoms with Gasteiger partial charge in [0, 0.05) is 38.7 Å². The molecule has 1 saturated heterocycles. The fourth-order valence-electron chi connectivity index (χ4n) is 4.28. The van der Waals surface area contributed by atoms with Crippen LogP contribution in [0.15, 0.2) is 53.4 Å². The lowest BCUT2D eigenvalue weighted by Gasteiger charge is -2.37. The van der Waals surface area contributed by atoms with Crippen molar-refractivity contribution in [3.8, 4) is 0 Å². The Kier molecular flexibility index (Phi) is 6.59. The number of hydrogen-bond donors (Lipinski definition) is 1. The molecule has 2 aliphatic rings. The molecule has 1 fully saturated rings. The maximum atomic E-state index is 13.6. The Bertz CT molecular complexity index is 1090. The standard InChI is InChI=1S/C23H27N3O5S/c1-17(27)24-19-6-8-20(9-7-19)32(29,30)26-11-10-18-4-2-3-5-21(18)22(26)16-23(28)25-12-14-31-15-13-25/h2-9,22H,10-16H2,1H3,(H,24,27). The second kappa shape index (κ2) is 9.40. The topological polar surface area (TPSA) is 96.0 Å². The maximum Gasteiger partial charge on any atom is 0.243 e. The van der Waals surface area contributed by atoms with Gasteiger partial charge in [-0.05, 0) is 41.8 Å². The number of rotatable bonds is 5. The molecular weight excluding hydrogens is 430 g/mol. The zero-order chi connectivity index (χ0) is 22.7. The monoisotopic (exact) mass is 457 g/mol. The lowest BCUT2D eigenvalue weighted by Crippen LogP contribution is -2.45. The van der Waals surface area contributed by atoms with Gasteiger partial charge in [0.25, 0.3) is 0 Å². The third-order valence-corrected chi connectivity index (χ3v) is 7.80. The van der Waals surface area contributed by atoms with E-state index in [1.807, 2.05) is 24.3 Å². The van der Waals surface area contributed by atoms with E-state index in [-0.39, 0.29) is 23.1 Å². The van der Waals surface area contributed by atoms with Gasteiger partial charge in [-0.3, -0.25) is 9.59 Å². The van der Waals surface area contributed by atoms with Gasteiger partial charge < -0.3 is 15.0 Å². The Labute approximate surface area is 188 Å². The molecule has 8 nitrogen and oxygen atoms in total. The molecule has 2 heterocycles. The summed E-state index contributed by atoms with van der Waals surface area (Å²) in [5.41, 5.74) is 2.47. The third-order valence-electron chi connectivity index (χ3n) is 5.88. The number of benzene rings is 2. The van der Waals surface area contributed by atoms with Crippen LogP contribution in [0.3, 0.4) is 0 Å². The number of carbonyl (C=O) groups excluding carboxylic acids is 2. The van der Waals surface area contributed by atoms with Gasteiger partial charge in [0.1, 0.15) is 0 Å². The minimum Gasteiger partial charge on any atom is -0.378 e. The van der Waals surface area contributed by atoms with Gasteiger partial charge in [0.15, 0.2) is 0 Å². The molecule has 2 aliphatic heterocycles. The first-order valence-electron chi connectivity index (χ1n) is 10.7. The molecule has 2 amide bonds. The van der Waals surface area contributed by atoms with E-state index in [2.05, 4.69) is 5.32 Å². The summed E-state index contributed by atoms with van der Waals surface area (Å²) in [7, 11) is -3.85. The van der Waals surface area contributed by atoms with Crippen molar-refractivity contribution >= 4 is 27.5 Å². The predicted octanol–water partition coefficient (Wildman–Crippen LogP) is 2.18. The number of ether oxygens (including phenoxy) is 1. The van der Waals surface area contributed by atoms with E-state index in [1.165, 1.54) is 23.4 Å². The van der Waals surface area contributed by atoms with Crippen LogP contribution in [0, 0.1) is 0 Å². The molecule has 32 heavy (non-hydrogen) atoms. The summed E-state index contributed by atoms with van der Waals surface area (Å²) in [5.74, 6) is -0.300. The highest BCUT2D eigenvalue weighted by Gasteiger charge is 2.38. The minimum absolute atomic E-state index is 0.0730. The molecule has 4 rings (SSSR count). The van der Waals surface area contributed by atoms with Gasteiger partial charge in [-0.15, -0.1) is 0 Å². The van der Waals surface area contributed by atoms with E-state index < -0.39 is 16.1 Å². The van der Waals surface area contributed by atoms with Crippen LogP contribution >= 0.6 is 0 Å². The molecule has 0 spiro atoms. The lowest BCUT2D eigenvalue weighted by molar-refractivity contribution is -0.136. The van der Waals surface area contributed by atoms with E-state index in [1.54, 1.807) is 17.0 Å². The van der Waals surface area contributed by atoms with Gasteiger partial charge >= 0.3 is 0 Å². The van der Waals surface area contributed by atoms with Gasteiger partial charge in [-0.25, -0.2) is 8.42 Å². The Morgan fingerprint density at radius 3 is 2.41 bits per heavy atom. The molecule has 0 aliphatic carbocycles. The molecule has 0 saturated carbocycles. The normalized spacial score (nSPS) is 19.3.